The lowest BCUT2D eigenvalue weighted by Gasteiger charge is -2.08. The molecular weight excluding hydrogens is 1020 g/mol. The molecular formula is C60H57N3O8S4. The maximum Gasteiger partial charge on any atom is 0.358 e. The van der Waals surface area contributed by atoms with Gasteiger partial charge in [-0.1, -0.05) is 199 Å². The van der Waals surface area contributed by atoms with Crippen molar-refractivity contribution in [2.75, 3.05) is 0 Å². The van der Waals surface area contributed by atoms with Crippen molar-refractivity contribution in [3.63, 3.8) is 0 Å². The summed E-state index contributed by atoms with van der Waals surface area (Å²) in [6, 6.07) is 63.8. The number of unbranched alkanes of at least 4 members (excludes halogenated alkanes) is 3. The smallest absolute Gasteiger partial charge is 0.287 e. The van der Waals surface area contributed by atoms with Crippen LogP contribution in [0.1, 0.15) is 85.0 Å². The van der Waals surface area contributed by atoms with Gasteiger partial charge in [0.25, 0.3) is 22.2 Å². The van der Waals surface area contributed by atoms with Crippen LogP contribution in [0.5, 0.6) is 0 Å². The third-order valence-corrected chi connectivity index (χ3v) is 15.6. The topological polar surface area (TPSA) is 150 Å². The molecule has 0 bridgehead atoms. The Hall–Kier alpha value is -7.30. The minimum atomic E-state index is -4.11. The van der Waals surface area contributed by atoms with E-state index in [1.165, 1.54) is 17.7 Å². The van der Waals surface area contributed by atoms with Crippen molar-refractivity contribution in [3.8, 4) is 0 Å². The van der Waals surface area contributed by atoms with Crippen LogP contribution in [0, 0.1) is 6.92 Å². The van der Waals surface area contributed by atoms with Crippen molar-refractivity contribution in [2.24, 2.45) is 15.5 Å². The second-order valence-corrected chi connectivity index (χ2v) is 21.9. The van der Waals surface area contributed by atoms with E-state index < -0.39 is 32.3 Å². The normalized spacial score (nSPS) is 13.6. The molecule has 0 N–H and O–H groups in total. The van der Waals surface area contributed by atoms with Gasteiger partial charge in [0.05, 0.1) is 21.2 Å². The predicted octanol–water partition coefficient (Wildman–Crippen LogP) is 14.4. The molecule has 0 amide bonds. The van der Waals surface area contributed by atoms with Crippen molar-refractivity contribution in [3.05, 3.63) is 234 Å². The van der Waals surface area contributed by atoms with Gasteiger partial charge in [0.1, 0.15) is 10.6 Å². The Bertz CT molecular complexity index is 3390. The molecule has 0 aliphatic heterocycles. The molecule has 1 aliphatic rings. The summed E-state index contributed by atoms with van der Waals surface area (Å²) in [7, 11) is -4.11. The Morgan fingerprint density at radius 3 is 1.95 bits per heavy atom. The van der Waals surface area contributed by atoms with E-state index in [2.05, 4.69) is 28.5 Å². The molecule has 2 atom stereocenters. The molecule has 0 aromatic heterocycles. The van der Waals surface area contributed by atoms with Crippen LogP contribution in [0.15, 0.2) is 246 Å². The lowest BCUT2D eigenvalue weighted by atomic mass is 10.0. The van der Waals surface area contributed by atoms with Gasteiger partial charge in [0.15, 0.2) is 0 Å². The number of carbonyl (C=O) groups is 1. The molecule has 8 aromatic rings. The maximum atomic E-state index is 13.2. The molecule has 0 spiro atoms. The Morgan fingerprint density at radius 2 is 1.23 bits per heavy atom. The molecule has 0 radical (unpaired) electrons. The van der Waals surface area contributed by atoms with E-state index in [9.17, 15) is 21.6 Å². The van der Waals surface area contributed by atoms with Gasteiger partial charge in [-0.2, -0.15) is 8.42 Å². The molecule has 11 nitrogen and oxygen atoms in total. The Labute approximate surface area is 449 Å². The number of fused-ring (bicyclic) bond motifs is 2. The van der Waals surface area contributed by atoms with Gasteiger partial charge in [-0.05, 0) is 123 Å². The predicted molar refractivity (Wildman–Crippen MR) is 302 cm³/mol. The Morgan fingerprint density at radius 1 is 0.600 bits per heavy atom. The molecule has 15 heteroatoms. The number of Topliss-reactive ketones (excluding diaryl/α,β-unsaturated/α-hetero) is 1. The first-order valence-electron chi connectivity index (χ1n) is 24.4. The van der Waals surface area contributed by atoms with Crippen LogP contribution < -0.4 is 0 Å². The summed E-state index contributed by atoms with van der Waals surface area (Å²) in [6.07, 6.45) is 5.91. The molecule has 0 heterocycles. The molecule has 1 aliphatic carbocycles. The van der Waals surface area contributed by atoms with E-state index in [1.807, 2.05) is 159 Å². The fourth-order valence-electron chi connectivity index (χ4n) is 7.59. The molecule has 75 heavy (non-hydrogen) atoms. The second-order valence-electron chi connectivity index (χ2n) is 17.1. The first-order valence-corrected chi connectivity index (χ1v) is 28.8. The van der Waals surface area contributed by atoms with Crippen molar-refractivity contribution in [1.82, 2.24) is 0 Å². The maximum absolute atomic E-state index is 13.2. The van der Waals surface area contributed by atoms with E-state index in [0.29, 0.717) is 27.5 Å². The van der Waals surface area contributed by atoms with Gasteiger partial charge in [-0.3, -0.25) is 17.6 Å². The van der Waals surface area contributed by atoms with Crippen molar-refractivity contribution in [2.45, 2.75) is 90.2 Å². The van der Waals surface area contributed by atoms with Gasteiger partial charge in [0, 0.05) is 26.3 Å². The van der Waals surface area contributed by atoms with E-state index in [4.69, 9.17) is 12.9 Å². The summed E-state index contributed by atoms with van der Waals surface area (Å²) in [5, 5.41) is 13.8. The number of hydrogen-bond donors (Lipinski definition) is 0. The fourth-order valence-corrected chi connectivity index (χ4v) is 10.6. The van der Waals surface area contributed by atoms with E-state index in [1.54, 1.807) is 54.2 Å². The quantitative estimate of drug-likeness (QED) is 0.0334. The number of aryl methyl sites for hydroxylation is 2. The first-order chi connectivity index (χ1) is 36.5. The van der Waals surface area contributed by atoms with Crippen LogP contribution in [0.4, 0.5) is 0 Å². The summed E-state index contributed by atoms with van der Waals surface area (Å²) < 4.78 is 64.7. The number of benzene rings is 8. The number of ketones is 1. The number of hydrogen-bond acceptors (Lipinski definition) is 12. The highest BCUT2D eigenvalue weighted by Gasteiger charge is 2.21. The minimum absolute atomic E-state index is 0.00178. The van der Waals surface area contributed by atoms with E-state index in [-0.39, 0.29) is 16.4 Å². The standard InChI is InChI=1S/C27H29NO4S2.C18H15NO2S.C15H13NO2S/c1-3-4-5-9-12-26(28-32-34(30,31)25-19-13-21(2)14-20-25)27(29)22-15-17-24(18-16-22)33-23-10-7-6-8-11-23;1-14(15-8-3-2-4-9-15)19-21-22(20)18-13-7-11-16-10-5-6-12-17(16)18;17-19(13-7-2-1-3-8-13)18-16-15-11-10-12-6-4-5-9-14(12)15/h6-8,10-11,13-20H,3-5,9,12H2,1-2H3;2-13H,1H3;1-9H,10-11H2/b28-26+;19-14+;16-15+. The third-order valence-electron chi connectivity index (χ3n) is 11.7. The number of rotatable bonds is 19. The van der Waals surface area contributed by atoms with Crippen molar-refractivity contribution < 1.29 is 34.5 Å². The first kappa shape index (κ1) is 55.5. The molecule has 8 aromatic carbocycles. The highest BCUT2D eigenvalue weighted by molar-refractivity contribution is 7.99. The number of nitrogens with zero attached hydrogens (tertiary/aromatic N) is 3. The molecule has 0 saturated carbocycles. The summed E-state index contributed by atoms with van der Waals surface area (Å²) in [5.74, 6) is -0.327. The molecule has 384 valence electrons. The number of carbonyl (C=O) groups excluding carboxylic acids is 1. The highest BCUT2D eigenvalue weighted by Crippen LogP contribution is 2.28. The van der Waals surface area contributed by atoms with E-state index in [0.717, 1.165) is 81.5 Å². The minimum Gasteiger partial charge on any atom is -0.287 e. The Balaban J connectivity index is 0.000000173. The highest BCUT2D eigenvalue weighted by atomic mass is 32.2. The van der Waals surface area contributed by atoms with Crippen LogP contribution >= 0.6 is 11.8 Å². The van der Waals surface area contributed by atoms with Crippen LogP contribution in [0.2, 0.25) is 0 Å². The molecule has 0 fully saturated rings. The van der Waals surface area contributed by atoms with Crippen LogP contribution in [-0.2, 0) is 51.6 Å². The fraction of sp³-hybridized carbons (Fsp3) is 0.167. The lowest BCUT2D eigenvalue weighted by molar-refractivity contribution is 0.106. The van der Waals surface area contributed by atoms with Crippen molar-refractivity contribution >= 4 is 77.7 Å². The number of oxime groups is 3. The summed E-state index contributed by atoms with van der Waals surface area (Å²) in [6.45, 7) is 5.80. The Kier molecular flexibility index (Phi) is 21.0. The van der Waals surface area contributed by atoms with Gasteiger partial charge < -0.3 is 0 Å². The summed E-state index contributed by atoms with van der Waals surface area (Å²) in [4.78, 5) is 16.5. The molecule has 0 saturated heterocycles. The zero-order valence-electron chi connectivity index (χ0n) is 41.8. The van der Waals surface area contributed by atoms with Crippen LogP contribution in [0.25, 0.3) is 10.8 Å². The SMILES string of the molecule is C/C(=N\OS(=O)c1cccc2ccccc12)c1ccccc1.CCCCCC/C(=N\OS(=O)(=O)c1ccc(C)cc1)C(=O)c1ccc(Sc2ccccc2)cc1.O=S(O/N=C1\CCc2ccccc21)c1ccccc1. The van der Waals surface area contributed by atoms with Crippen molar-refractivity contribution in [1.29, 1.82) is 0 Å². The average Bonchev–Trinajstić information content (AvgIpc) is 3.87. The zero-order chi connectivity index (χ0) is 52.8. The average molecular weight is 1080 g/mol. The van der Waals surface area contributed by atoms with Crippen LogP contribution in [-0.4, -0.2) is 39.8 Å². The zero-order valence-corrected chi connectivity index (χ0v) is 45.1. The van der Waals surface area contributed by atoms with Gasteiger partial charge in [-0.25, -0.2) is 8.42 Å². The summed E-state index contributed by atoms with van der Waals surface area (Å²) >= 11 is -1.58. The van der Waals surface area contributed by atoms with Gasteiger partial charge in [0.2, 0.25) is 5.78 Å². The second kappa shape index (κ2) is 28.4. The largest absolute Gasteiger partial charge is 0.358 e. The monoisotopic (exact) mass is 1080 g/mol. The third kappa shape index (κ3) is 16.6. The molecule has 9 rings (SSSR count). The molecule has 2 unspecified atom stereocenters. The van der Waals surface area contributed by atoms with Gasteiger partial charge in [-0.15, -0.1) is 0 Å². The van der Waals surface area contributed by atoms with E-state index >= 15 is 0 Å². The van der Waals surface area contributed by atoms with Crippen LogP contribution in [0.3, 0.4) is 0 Å². The lowest BCUT2D eigenvalue weighted by Crippen LogP contribution is -2.16. The summed E-state index contributed by atoms with van der Waals surface area (Å²) in [5.41, 5.74) is 6.37. The van der Waals surface area contributed by atoms with Gasteiger partial charge >= 0.3 is 10.1 Å².